The lowest BCUT2D eigenvalue weighted by atomic mass is 10.3. The highest BCUT2D eigenvalue weighted by atomic mass is 16.3. The van der Waals surface area contributed by atoms with Gasteiger partial charge in [0.1, 0.15) is 0 Å². The minimum atomic E-state index is -0.713. The third-order valence-electron chi connectivity index (χ3n) is 0.874. The van der Waals surface area contributed by atoms with Gasteiger partial charge in [0, 0.05) is 13.1 Å². The van der Waals surface area contributed by atoms with Crippen molar-refractivity contribution >= 4 is 12.8 Å². The average molecular weight is 146 g/mol. The molecular weight excluding hydrogens is 136 g/mol. The Balaban J connectivity index is 3.15. The van der Waals surface area contributed by atoms with E-state index in [9.17, 15) is 9.59 Å². The number of aliphatic hydroxyl groups excluding tert-OH is 1. The zero-order valence-electron chi connectivity index (χ0n) is 5.41. The molecule has 3 N–H and O–H groups in total. The van der Waals surface area contributed by atoms with Crippen molar-refractivity contribution in [2.45, 2.75) is 6.10 Å². The third kappa shape index (κ3) is 5.04. The fraction of sp³-hybridized carbons (Fsp3) is 0.600. The number of amides is 2. The summed E-state index contributed by atoms with van der Waals surface area (Å²) in [7, 11) is 0. The van der Waals surface area contributed by atoms with Crippen molar-refractivity contribution in [1.82, 2.24) is 10.6 Å². The largest absolute Gasteiger partial charge is 0.389 e. The van der Waals surface area contributed by atoms with Crippen LogP contribution in [0.2, 0.25) is 0 Å². The normalized spacial score (nSPS) is 9.00. The van der Waals surface area contributed by atoms with Crippen LogP contribution >= 0.6 is 0 Å². The Morgan fingerprint density at radius 1 is 1.20 bits per heavy atom. The molecule has 0 radical (unpaired) electrons. The summed E-state index contributed by atoms with van der Waals surface area (Å²) >= 11 is 0. The molecule has 0 aromatic heterocycles. The van der Waals surface area contributed by atoms with E-state index in [1.165, 1.54) is 0 Å². The standard InChI is InChI=1S/C5H10N2O3/c8-3-6-1-5(10)2-7-4-9/h3-5,10H,1-2H2,(H,6,8)(H,7,9). The second-order valence-electron chi connectivity index (χ2n) is 1.71. The van der Waals surface area contributed by atoms with Gasteiger partial charge in [-0.2, -0.15) is 0 Å². The van der Waals surface area contributed by atoms with Crippen molar-refractivity contribution in [2.75, 3.05) is 13.1 Å². The van der Waals surface area contributed by atoms with E-state index in [1.54, 1.807) is 0 Å². The minimum Gasteiger partial charge on any atom is -0.389 e. The van der Waals surface area contributed by atoms with Gasteiger partial charge in [-0.15, -0.1) is 0 Å². The van der Waals surface area contributed by atoms with Crippen LogP contribution < -0.4 is 10.6 Å². The van der Waals surface area contributed by atoms with Crippen LogP contribution in [0, 0.1) is 0 Å². The van der Waals surface area contributed by atoms with Crippen LogP contribution in [0.15, 0.2) is 0 Å². The number of carbonyl (C=O) groups is 2. The summed E-state index contributed by atoms with van der Waals surface area (Å²) in [5.41, 5.74) is 0. The molecule has 58 valence electrons. The molecule has 0 heterocycles. The summed E-state index contributed by atoms with van der Waals surface area (Å²) in [4.78, 5) is 19.3. The molecule has 0 unspecified atom stereocenters. The van der Waals surface area contributed by atoms with Crippen molar-refractivity contribution in [3.05, 3.63) is 0 Å². The molecule has 0 aliphatic carbocycles. The molecule has 5 heteroatoms. The van der Waals surface area contributed by atoms with Crippen LogP contribution in [0.5, 0.6) is 0 Å². The van der Waals surface area contributed by atoms with Gasteiger partial charge in [0.25, 0.3) is 0 Å². The van der Waals surface area contributed by atoms with E-state index in [1.807, 2.05) is 0 Å². The van der Waals surface area contributed by atoms with Gasteiger partial charge in [-0.3, -0.25) is 9.59 Å². The Morgan fingerprint density at radius 3 is 1.90 bits per heavy atom. The molecule has 0 saturated carbocycles. The Bertz CT molecular complexity index is 95.1. The molecule has 0 spiro atoms. The van der Waals surface area contributed by atoms with Crippen LogP contribution in [0.1, 0.15) is 0 Å². The van der Waals surface area contributed by atoms with E-state index in [-0.39, 0.29) is 13.1 Å². The van der Waals surface area contributed by atoms with Gasteiger partial charge in [-0.1, -0.05) is 0 Å². The molecule has 0 aromatic rings. The first-order valence-corrected chi connectivity index (χ1v) is 2.83. The summed E-state index contributed by atoms with van der Waals surface area (Å²) < 4.78 is 0. The SMILES string of the molecule is O=CNCC(O)CNC=O. The van der Waals surface area contributed by atoms with Gasteiger partial charge >= 0.3 is 0 Å². The van der Waals surface area contributed by atoms with E-state index in [0.29, 0.717) is 12.8 Å². The Hall–Kier alpha value is -1.10. The van der Waals surface area contributed by atoms with E-state index in [4.69, 9.17) is 5.11 Å². The molecule has 0 aliphatic heterocycles. The fourth-order valence-corrected chi connectivity index (χ4v) is 0.440. The summed E-state index contributed by atoms with van der Waals surface area (Å²) in [6, 6.07) is 0. The summed E-state index contributed by atoms with van der Waals surface area (Å²) in [5, 5.41) is 13.4. The molecule has 0 rings (SSSR count). The van der Waals surface area contributed by atoms with Crippen molar-refractivity contribution in [2.24, 2.45) is 0 Å². The van der Waals surface area contributed by atoms with Gasteiger partial charge in [0.05, 0.1) is 6.10 Å². The molecule has 2 amide bonds. The quantitative estimate of drug-likeness (QED) is 0.373. The number of hydrogen-bond acceptors (Lipinski definition) is 3. The maximum Gasteiger partial charge on any atom is 0.207 e. The van der Waals surface area contributed by atoms with E-state index < -0.39 is 6.10 Å². The molecule has 0 aliphatic rings. The smallest absolute Gasteiger partial charge is 0.207 e. The van der Waals surface area contributed by atoms with E-state index in [2.05, 4.69) is 10.6 Å². The first-order chi connectivity index (χ1) is 4.81. The second kappa shape index (κ2) is 6.03. The predicted molar refractivity (Wildman–Crippen MR) is 34.1 cm³/mol. The summed E-state index contributed by atoms with van der Waals surface area (Å²) in [6.07, 6.45) is 0.268. The maximum absolute atomic E-state index is 9.67. The fourth-order valence-electron chi connectivity index (χ4n) is 0.440. The molecule has 0 aromatic carbocycles. The van der Waals surface area contributed by atoms with Gasteiger partial charge < -0.3 is 15.7 Å². The maximum atomic E-state index is 9.67. The molecule has 5 nitrogen and oxygen atoms in total. The topological polar surface area (TPSA) is 78.4 Å². The highest BCUT2D eigenvalue weighted by molar-refractivity contribution is 5.46. The monoisotopic (exact) mass is 146 g/mol. The first kappa shape index (κ1) is 8.90. The third-order valence-corrected chi connectivity index (χ3v) is 0.874. The Kier molecular flexibility index (Phi) is 5.36. The van der Waals surface area contributed by atoms with Gasteiger partial charge in [-0.05, 0) is 0 Å². The average Bonchev–Trinajstić information content (AvgIpc) is 1.97. The van der Waals surface area contributed by atoms with Crippen LogP contribution in [0.25, 0.3) is 0 Å². The van der Waals surface area contributed by atoms with Gasteiger partial charge in [0.15, 0.2) is 0 Å². The van der Waals surface area contributed by atoms with Crippen molar-refractivity contribution in [1.29, 1.82) is 0 Å². The Labute approximate surface area is 58.4 Å². The molecular formula is C5H10N2O3. The van der Waals surface area contributed by atoms with Crippen molar-refractivity contribution < 1.29 is 14.7 Å². The van der Waals surface area contributed by atoms with Crippen LogP contribution in [0.4, 0.5) is 0 Å². The number of carbonyl (C=O) groups excluding carboxylic acids is 2. The van der Waals surface area contributed by atoms with Crippen LogP contribution in [-0.2, 0) is 9.59 Å². The lowest BCUT2D eigenvalue weighted by Crippen LogP contribution is -2.34. The molecule has 10 heavy (non-hydrogen) atoms. The minimum absolute atomic E-state index is 0.157. The van der Waals surface area contributed by atoms with Gasteiger partial charge in [-0.25, -0.2) is 0 Å². The lowest BCUT2D eigenvalue weighted by molar-refractivity contribution is -0.110. The molecule has 0 atom stereocenters. The number of rotatable bonds is 6. The number of nitrogens with one attached hydrogen (secondary N) is 2. The van der Waals surface area contributed by atoms with Crippen molar-refractivity contribution in [3.63, 3.8) is 0 Å². The van der Waals surface area contributed by atoms with Crippen molar-refractivity contribution in [3.8, 4) is 0 Å². The molecule has 0 bridgehead atoms. The van der Waals surface area contributed by atoms with Gasteiger partial charge in [0.2, 0.25) is 12.8 Å². The Morgan fingerprint density at radius 2 is 1.60 bits per heavy atom. The first-order valence-electron chi connectivity index (χ1n) is 2.83. The lowest BCUT2D eigenvalue weighted by Gasteiger charge is -2.07. The number of hydrogen-bond donors (Lipinski definition) is 3. The van der Waals surface area contributed by atoms with E-state index >= 15 is 0 Å². The number of aliphatic hydroxyl groups is 1. The molecule has 0 fully saturated rings. The molecule has 0 saturated heterocycles. The highest BCUT2D eigenvalue weighted by Crippen LogP contribution is 1.73. The van der Waals surface area contributed by atoms with E-state index in [0.717, 1.165) is 0 Å². The van der Waals surface area contributed by atoms with Crippen LogP contribution in [0.3, 0.4) is 0 Å². The zero-order valence-corrected chi connectivity index (χ0v) is 5.41. The summed E-state index contributed by atoms with van der Waals surface area (Å²) in [6.45, 7) is 0.314. The van der Waals surface area contributed by atoms with Crippen LogP contribution in [-0.4, -0.2) is 37.1 Å². The summed E-state index contributed by atoms with van der Waals surface area (Å²) in [5.74, 6) is 0. The predicted octanol–water partition coefficient (Wildman–Crippen LogP) is -2.16. The second-order valence-corrected chi connectivity index (χ2v) is 1.71. The zero-order chi connectivity index (χ0) is 7.82. The highest BCUT2D eigenvalue weighted by Gasteiger charge is 1.99.